The van der Waals surface area contributed by atoms with Gasteiger partial charge in [0.2, 0.25) is 0 Å². The molecule has 0 amide bonds. The van der Waals surface area contributed by atoms with E-state index in [1.807, 2.05) is 0 Å². The fraction of sp³-hybridized carbons (Fsp3) is 0.259. The molecule has 43 heavy (non-hydrogen) atoms. The van der Waals surface area contributed by atoms with Crippen molar-refractivity contribution in [1.29, 1.82) is 0 Å². The van der Waals surface area contributed by atoms with E-state index in [1.54, 1.807) is 25.1 Å². The standard InChI is InChI=1S/C27H24N2O13S/c1-16-8-10-21(11-9-16)43(36,37)42-23-22(40-26(31)18-12-19(28(32)33)14-20(13-18)29(34)35)15-39-27(38-2)24(23)41-25(30)17-6-4-3-5-7-17/h3-14,22-24,27H,15H2,1-2H3/t22-,23+,24+,27-/m0/s1. The first-order chi connectivity index (χ1) is 20.4. The van der Waals surface area contributed by atoms with Gasteiger partial charge in [-0.2, -0.15) is 8.42 Å². The molecule has 1 heterocycles. The number of non-ortho nitro benzene ring substituents is 2. The van der Waals surface area contributed by atoms with Crippen molar-refractivity contribution in [3.8, 4) is 0 Å². The van der Waals surface area contributed by atoms with Crippen molar-refractivity contribution < 1.29 is 51.0 Å². The van der Waals surface area contributed by atoms with Crippen LogP contribution in [0.4, 0.5) is 11.4 Å². The van der Waals surface area contributed by atoms with Gasteiger partial charge in [0.05, 0.1) is 38.5 Å². The summed E-state index contributed by atoms with van der Waals surface area (Å²) in [5.41, 5.74) is -1.24. The van der Waals surface area contributed by atoms with Crippen LogP contribution in [0.15, 0.2) is 77.7 Å². The average molecular weight is 617 g/mol. The number of benzene rings is 3. The van der Waals surface area contributed by atoms with Gasteiger partial charge in [0.1, 0.15) is 0 Å². The first kappa shape index (κ1) is 31.2. The summed E-state index contributed by atoms with van der Waals surface area (Å²) in [5.74, 6) is -2.20. The number of carbonyl (C=O) groups is 2. The molecule has 0 spiro atoms. The van der Waals surface area contributed by atoms with Crippen molar-refractivity contribution in [2.45, 2.75) is 36.4 Å². The van der Waals surface area contributed by atoms with Gasteiger partial charge in [-0.05, 0) is 31.2 Å². The maximum Gasteiger partial charge on any atom is 0.339 e. The summed E-state index contributed by atoms with van der Waals surface area (Å²) in [6.45, 7) is 1.21. The van der Waals surface area contributed by atoms with Gasteiger partial charge in [-0.15, -0.1) is 0 Å². The number of carbonyl (C=O) groups excluding carboxylic acids is 2. The predicted molar refractivity (Wildman–Crippen MR) is 145 cm³/mol. The van der Waals surface area contributed by atoms with E-state index < -0.39 is 80.1 Å². The fourth-order valence-electron chi connectivity index (χ4n) is 4.09. The molecular formula is C27H24N2O13S. The Kier molecular flexibility index (Phi) is 9.45. The summed E-state index contributed by atoms with van der Waals surface area (Å²) in [6.07, 6.45) is -6.36. The third kappa shape index (κ3) is 7.36. The molecule has 0 radical (unpaired) electrons. The molecule has 0 saturated carbocycles. The SMILES string of the molecule is CO[C@H]1OC[C@H](OC(=O)c2cc([N+](=O)[O-])cc([N+](=O)[O-])c2)[C@@H](OS(=O)(=O)c2ccc(C)cc2)[C@H]1OC(=O)c1ccccc1. The lowest BCUT2D eigenvalue weighted by atomic mass is 10.0. The Morgan fingerprint density at radius 1 is 0.837 bits per heavy atom. The van der Waals surface area contributed by atoms with E-state index in [0.717, 1.165) is 17.7 Å². The van der Waals surface area contributed by atoms with E-state index in [4.69, 9.17) is 23.1 Å². The number of hydrogen-bond acceptors (Lipinski definition) is 13. The third-order valence-corrected chi connectivity index (χ3v) is 7.56. The number of methoxy groups -OCH3 is 1. The number of aryl methyl sites for hydroxylation is 1. The molecule has 0 N–H and O–H groups in total. The van der Waals surface area contributed by atoms with Crippen LogP contribution in [0.1, 0.15) is 26.3 Å². The number of hydrogen-bond donors (Lipinski definition) is 0. The molecule has 1 aliphatic rings. The topological polar surface area (TPSA) is 201 Å². The van der Waals surface area contributed by atoms with Crippen LogP contribution >= 0.6 is 0 Å². The summed E-state index contributed by atoms with van der Waals surface area (Å²) < 4.78 is 53.9. The number of nitrogens with zero attached hydrogens (tertiary/aromatic N) is 2. The van der Waals surface area contributed by atoms with E-state index in [9.17, 15) is 38.2 Å². The van der Waals surface area contributed by atoms with E-state index in [0.29, 0.717) is 6.07 Å². The van der Waals surface area contributed by atoms with Gasteiger partial charge < -0.3 is 18.9 Å². The van der Waals surface area contributed by atoms with Crippen molar-refractivity contribution in [2.75, 3.05) is 13.7 Å². The first-order valence-corrected chi connectivity index (χ1v) is 13.9. The van der Waals surface area contributed by atoms with Gasteiger partial charge in [0.15, 0.2) is 24.6 Å². The molecule has 4 atom stereocenters. The Bertz CT molecular complexity index is 1600. The van der Waals surface area contributed by atoms with Gasteiger partial charge in [0.25, 0.3) is 21.5 Å². The van der Waals surface area contributed by atoms with Gasteiger partial charge in [-0.1, -0.05) is 35.9 Å². The van der Waals surface area contributed by atoms with E-state index >= 15 is 0 Å². The van der Waals surface area contributed by atoms with Gasteiger partial charge in [-0.25, -0.2) is 9.59 Å². The van der Waals surface area contributed by atoms with Crippen molar-refractivity contribution in [3.63, 3.8) is 0 Å². The number of nitro benzene ring substituents is 2. The normalized spacial score (nSPS) is 20.1. The molecule has 16 heteroatoms. The highest BCUT2D eigenvalue weighted by molar-refractivity contribution is 7.86. The highest BCUT2D eigenvalue weighted by atomic mass is 32.2. The molecule has 1 fully saturated rings. The fourth-order valence-corrected chi connectivity index (χ4v) is 5.20. The highest BCUT2D eigenvalue weighted by Crippen LogP contribution is 2.30. The first-order valence-electron chi connectivity index (χ1n) is 12.4. The Balaban J connectivity index is 1.71. The van der Waals surface area contributed by atoms with Crippen molar-refractivity contribution in [1.82, 2.24) is 0 Å². The highest BCUT2D eigenvalue weighted by Gasteiger charge is 2.49. The minimum Gasteiger partial charge on any atom is -0.453 e. The van der Waals surface area contributed by atoms with E-state index in [1.165, 1.54) is 43.5 Å². The van der Waals surface area contributed by atoms with Crippen LogP contribution in [0.25, 0.3) is 0 Å². The lowest BCUT2D eigenvalue weighted by molar-refractivity contribution is -0.394. The monoisotopic (exact) mass is 616 g/mol. The zero-order valence-electron chi connectivity index (χ0n) is 22.6. The van der Waals surface area contributed by atoms with Gasteiger partial charge in [0, 0.05) is 19.2 Å². The number of esters is 2. The second-order valence-electron chi connectivity index (χ2n) is 9.20. The smallest absolute Gasteiger partial charge is 0.339 e. The van der Waals surface area contributed by atoms with Crippen LogP contribution in [-0.2, 0) is 33.2 Å². The van der Waals surface area contributed by atoms with Crippen LogP contribution in [0.2, 0.25) is 0 Å². The van der Waals surface area contributed by atoms with Crippen LogP contribution < -0.4 is 0 Å². The Labute approximate surface area is 244 Å². The summed E-state index contributed by atoms with van der Waals surface area (Å²) in [5, 5.41) is 22.6. The van der Waals surface area contributed by atoms with Crippen molar-refractivity contribution in [2.24, 2.45) is 0 Å². The molecule has 3 aromatic rings. The molecule has 4 rings (SSSR count). The summed E-state index contributed by atoms with van der Waals surface area (Å²) in [7, 11) is -3.38. The maximum absolute atomic E-state index is 13.3. The molecule has 3 aromatic carbocycles. The molecule has 0 aliphatic carbocycles. The molecule has 0 unspecified atom stereocenters. The van der Waals surface area contributed by atoms with Crippen molar-refractivity contribution in [3.05, 3.63) is 110 Å². The molecule has 0 bridgehead atoms. The third-order valence-electron chi connectivity index (χ3n) is 6.23. The number of rotatable bonds is 10. The molecule has 226 valence electrons. The largest absolute Gasteiger partial charge is 0.453 e. The Morgan fingerprint density at radius 2 is 1.42 bits per heavy atom. The zero-order valence-corrected chi connectivity index (χ0v) is 23.4. The van der Waals surface area contributed by atoms with Gasteiger partial charge in [-0.3, -0.25) is 24.4 Å². The lowest BCUT2D eigenvalue weighted by Crippen LogP contribution is -2.58. The summed E-state index contributed by atoms with van der Waals surface area (Å²) in [6, 6.07) is 15.5. The van der Waals surface area contributed by atoms with Crippen LogP contribution in [0, 0.1) is 27.2 Å². The van der Waals surface area contributed by atoms with Crippen LogP contribution in [0.3, 0.4) is 0 Å². The molecular weight excluding hydrogens is 592 g/mol. The zero-order chi connectivity index (χ0) is 31.3. The Morgan fingerprint density at radius 3 is 1.98 bits per heavy atom. The van der Waals surface area contributed by atoms with E-state index in [-0.39, 0.29) is 10.5 Å². The average Bonchev–Trinajstić information content (AvgIpc) is 2.99. The second kappa shape index (κ2) is 13.0. The Hall–Kier alpha value is -4.77. The minimum atomic E-state index is -4.58. The van der Waals surface area contributed by atoms with Gasteiger partial charge >= 0.3 is 11.9 Å². The molecule has 15 nitrogen and oxygen atoms in total. The second-order valence-corrected chi connectivity index (χ2v) is 10.8. The lowest BCUT2D eigenvalue weighted by Gasteiger charge is -2.39. The van der Waals surface area contributed by atoms with Crippen molar-refractivity contribution >= 4 is 33.4 Å². The molecule has 0 aromatic heterocycles. The quantitative estimate of drug-likeness (QED) is 0.139. The maximum atomic E-state index is 13.3. The number of nitro groups is 2. The van der Waals surface area contributed by atoms with E-state index in [2.05, 4.69) is 0 Å². The van der Waals surface area contributed by atoms with Crippen LogP contribution in [0.5, 0.6) is 0 Å². The predicted octanol–water partition coefficient (Wildman–Crippen LogP) is 3.34. The summed E-state index contributed by atoms with van der Waals surface area (Å²) >= 11 is 0. The molecule has 1 aliphatic heterocycles. The number of ether oxygens (including phenoxy) is 4. The minimum absolute atomic E-state index is 0.0977. The van der Waals surface area contributed by atoms with Crippen LogP contribution in [-0.4, -0.2) is 68.5 Å². The summed E-state index contributed by atoms with van der Waals surface area (Å²) in [4.78, 5) is 46.6. The molecule has 1 saturated heterocycles.